The highest BCUT2D eigenvalue weighted by molar-refractivity contribution is 5.82. The SMILES string of the molecule is NC(=O)[C@@H]1CN(C(=O)Cc2ccc(F)cc2)C[C@H]1COc1ccccc1. The Morgan fingerprint density at radius 3 is 2.42 bits per heavy atom. The van der Waals surface area contributed by atoms with E-state index in [0.29, 0.717) is 18.9 Å². The van der Waals surface area contributed by atoms with E-state index in [-0.39, 0.29) is 30.6 Å². The minimum atomic E-state index is -0.434. The van der Waals surface area contributed by atoms with Crippen LogP contribution in [0, 0.1) is 17.7 Å². The van der Waals surface area contributed by atoms with Crippen LogP contribution >= 0.6 is 0 Å². The zero-order valence-corrected chi connectivity index (χ0v) is 14.3. The second kappa shape index (κ2) is 7.99. The molecule has 0 spiro atoms. The average Bonchev–Trinajstić information content (AvgIpc) is 3.07. The number of carbonyl (C=O) groups is 2. The predicted molar refractivity (Wildman–Crippen MR) is 94.8 cm³/mol. The molecule has 0 aliphatic carbocycles. The van der Waals surface area contributed by atoms with Gasteiger partial charge in [0.1, 0.15) is 11.6 Å². The van der Waals surface area contributed by atoms with Crippen molar-refractivity contribution in [2.75, 3.05) is 19.7 Å². The Kier molecular flexibility index (Phi) is 5.51. The molecular weight excluding hydrogens is 335 g/mol. The second-order valence-corrected chi connectivity index (χ2v) is 6.49. The van der Waals surface area contributed by atoms with Crippen molar-refractivity contribution < 1.29 is 18.7 Å². The molecule has 0 bridgehead atoms. The van der Waals surface area contributed by atoms with Gasteiger partial charge in [-0.2, -0.15) is 0 Å². The summed E-state index contributed by atoms with van der Waals surface area (Å²) < 4.78 is 18.7. The third kappa shape index (κ3) is 4.39. The summed E-state index contributed by atoms with van der Waals surface area (Å²) in [5.41, 5.74) is 6.25. The van der Waals surface area contributed by atoms with E-state index in [1.54, 1.807) is 17.0 Å². The first-order valence-corrected chi connectivity index (χ1v) is 8.52. The maximum absolute atomic E-state index is 13.0. The largest absolute Gasteiger partial charge is 0.493 e. The van der Waals surface area contributed by atoms with Crippen LogP contribution in [0.3, 0.4) is 0 Å². The fraction of sp³-hybridized carbons (Fsp3) is 0.300. The van der Waals surface area contributed by atoms with Crippen molar-refractivity contribution >= 4 is 11.8 Å². The van der Waals surface area contributed by atoms with Gasteiger partial charge in [-0.15, -0.1) is 0 Å². The van der Waals surface area contributed by atoms with Gasteiger partial charge in [0.15, 0.2) is 0 Å². The molecule has 26 heavy (non-hydrogen) atoms. The van der Waals surface area contributed by atoms with E-state index in [4.69, 9.17) is 10.5 Å². The minimum Gasteiger partial charge on any atom is -0.493 e. The van der Waals surface area contributed by atoms with Gasteiger partial charge in [-0.05, 0) is 29.8 Å². The Morgan fingerprint density at radius 1 is 1.08 bits per heavy atom. The maximum atomic E-state index is 13.0. The Balaban J connectivity index is 1.61. The monoisotopic (exact) mass is 356 g/mol. The van der Waals surface area contributed by atoms with Crippen molar-refractivity contribution in [2.24, 2.45) is 17.6 Å². The van der Waals surface area contributed by atoms with Crippen molar-refractivity contribution in [3.63, 3.8) is 0 Å². The van der Waals surface area contributed by atoms with Crippen LogP contribution in [0.1, 0.15) is 5.56 Å². The molecule has 6 heteroatoms. The summed E-state index contributed by atoms with van der Waals surface area (Å²) in [5, 5.41) is 0. The molecule has 2 atom stereocenters. The molecule has 2 N–H and O–H groups in total. The van der Waals surface area contributed by atoms with Gasteiger partial charge >= 0.3 is 0 Å². The fourth-order valence-corrected chi connectivity index (χ4v) is 3.17. The number of amides is 2. The summed E-state index contributed by atoms with van der Waals surface area (Å²) in [6.45, 7) is 1.02. The van der Waals surface area contributed by atoms with Gasteiger partial charge in [0.25, 0.3) is 0 Å². The van der Waals surface area contributed by atoms with E-state index in [0.717, 1.165) is 5.56 Å². The Morgan fingerprint density at radius 2 is 1.77 bits per heavy atom. The van der Waals surface area contributed by atoms with Gasteiger partial charge in [0, 0.05) is 19.0 Å². The number of nitrogens with two attached hydrogens (primary N) is 1. The summed E-state index contributed by atoms with van der Waals surface area (Å²) in [6.07, 6.45) is 0.165. The number of likely N-dealkylation sites (tertiary alicyclic amines) is 1. The second-order valence-electron chi connectivity index (χ2n) is 6.49. The number of nitrogens with zero attached hydrogens (tertiary/aromatic N) is 1. The molecule has 1 heterocycles. The van der Waals surface area contributed by atoms with Gasteiger partial charge in [0.05, 0.1) is 18.9 Å². The topological polar surface area (TPSA) is 72.6 Å². The molecule has 0 unspecified atom stereocenters. The van der Waals surface area contributed by atoms with Crippen molar-refractivity contribution in [3.05, 3.63) is 66.0 Å². The van der Waals surface area contributed by atoms with E-state index in [1.807, 2.05) is 30.3 Å². The van der Waals surface area contributed by atoms with E-state index in [2.05, 4.69) is 0 Å². The number of para-hydroxylation sites is 1. The number of ether oxygens (including phenoxy) is 1. The first-order valence-electron chi connectivity index (χ1n) is 8.52. The van der Waals surface area contributed by atoms with Crippen LogP contribution in [0.4, 0.5) is 4.39 Å². The average molecular weight is 356 g/mol. The van der Waals surface area contributed by atoms with Crippen LogP contribution in [0.15, 0.2) is 54.6 Å². The summed E-state index contributed by atoms with van der Waals surface area (Å²) in [5.74, 6) is -0.740. The number of carbonyl (C=O) groups excluding carboxylic acids is 2. The zero-order chi connectivity index (χ0) is 18.5. The summed E-state index contributed by atoms with van der Waals surface area (Å²) >= 11 is 0. The molecule has 1 aliphatic rings. The first-order chi connectivity index (χ1) is 12.5. The van der Waals surface area contributed by atoms with Crippen molar-refractivity contribution in [2.45, 2.75) is 6.42 Å². The number of rotatable bonds is 6. The molecule has 2 aromatic carbocycles. The van der Waals surface area contributed by atoms with Gasteiger partial charge in [0.2, 0.25) is 11.8 Å². The molecule has 3 rings (SSSR count). The Labute approximate surface area is 151 Å². The van der Waals surface area contributed by atoms with Gasteiger partial charge < -0.3 is 15.4 Å². The summed E-state index contributed by atoms with van der Waals surface area (Å²) in [6, 6.07) is 15.1. The number of hydrogen-bond acceptors (Lipinski definition) is 3. The lowest BCUT2D eigenvalue weighted by atomic mass is 9.96. The lowest BCUT2D eigenvalue weighted by Gasteiger charge is -2.17. The van der Waals surface area contributed by atoms with Crippen LogP contribution in [-0.4, -0.2) is 36.4 Å². The fourth-order valence-electron chi connectivity index (χ4n) is 3.17. The first kappa shape index (κ1) is 17.9. The normalized spacial score (nSPS) is 19.3. The van der Waals surface area contributed by atoms with Crippen LogP contribution in [0.2, 0.25) is 0 Å². The van der Waals surface area contributed by atoms with Crippen molar-refractivity contribution in [1.82, 2.24) is 4.90 Å². The number of benzene rings is 2. The van der Waals surface area contributed by atoms with E-state index in [9.17, 15) is 14.0 Å². The maximum Gasteiger partial charge on any atom is 0.227 e. The van der Waals surface area contributed by atoms with Crippen molar-refractivity contribution in [3.8, 4) is 5.75 Å². The smallest absolute Gasteiger partial charge is 0.227 e. The molecule has 1 aliphatic heterocycles. The standard InChI is InChI=1S/C20H21FN2O3/c21-16-8-6-14(7-9-16)10-19(24)23-11-15(18(12-23)20(22)25)13-26-17-4-2-1-3-5-17/h1-9,15,18H,10-13H2,(H2,22,25)/t15-,18+/m0/s1. The summed E-state index contributed by atoms with van der Waals surface area (Å²) in [7, 11) is 0. The van der Waals surface area contributed by atoms with E-state index in [1.165, 1.54) is 12.1 Å². The summed E-state index contributed by atoms with van der Waals surface area (Å²) in [4.78, 5) is 25.9. The zero-order valence-electron chi connectivity index (χ0n) is 14.3. The molecule has 2 amide bonds. The van der Waals surface area contributed by atoms with Gasteiger partial charge in [-0.1, -0.05) is 30.3 Å². The molecule has 0 radical (unpaired) electrons. The molecule has 5 nitrogen and oxygen atoms in total. The van der Waals surface area contributed by atoms with Crippen LogP contribution in [0.25, 0.3) is 0 Å². The molecule has 1 saturated heterocycles. The third-order valence-corrected chi connectivity index (χ3v) is 4.64. The van der Waals surface area contributed by atoms with Crippen LogP contribution in [-0.2, 0) is 16.0 Å². The Bertz CT molecular complexity index is 764. The molecule has 1 fully saturated rings. The molecule has 136 valence electrons. The lowest BCUT2D eigenvalue weighted by molar-refractivity contribution is -0.129. The molecular formula is C20H21FN2O3. The highest BCUT2D eigenvalue weighted by atomic mass is 19.1. The van der Waals surface area contributed by atoms with Crippen LogP contribution < -0.4 is 10.5 Å². The molecule has 0 aromatic heterocycles. The van der Waals surface area contributed by atoms with E-state index >= 15 is 0 Å². The predicted octanol–water partition coefficient (Wildman–Crippen LogP) is 2.01. The minimum absolute atomic E-state index is 0.106. The van der Waals surface area contributed by atoms with E-state index < -0.39 is 11.8 Å². The van der Waals surface area contributed by atoms with Crippen LogP contribution in [0.5, 0.6) is 5.75 Å². The number of hydrogen-bond donors (Lipinski definition) is 1. The highest BCUT2D eigenvalue weighted by Gasteiger charge is 2.38. The Hall–Kier alpha value is -2.89. The van der Waals surface area contributed by atoms with Gasteiger partial charge in [-0.25, -0.2) is 4.39 Å². The quantitative estimate of drug-likeness (QED) is 0.860. The number of primary amides is 1. The van der Waals surface area contributed by atoms with Crippen molar-refractivity contribution in [1.29, 1.82) is 0 Å². The van der Waals surface area contributed by atoms with Gasteiger partial charge in [-0.3, -0.25) is 9.59 Å². The molecule has 0 saturated carbocycles. The molecule has 2 aromatic rings. The third-order valence-electron chi connectivity index (χ3n) is 4.64. The highest BCUT2D eigenvalue weighted by Crippen LogP contribution is 2.25. The lowest BCUT2D eigenvalue weighted by Crippen LogP contribution is -2.33. The number of halogens is 1.